The van der Waals surface area contributed by atoms with E-state index in [1.807, 2.05) is 0 Å². The number of carboxylic acids is 1. The third-order valence-corrected chi connectivity index (χ3v) is 7.06. The molecular formula is C20H23FN2O6S. The minimum absolute atomic E-state index is 0.0688. The van der Waals surface area contributed by atoms with Crippen molar-refractivity contribution in [1.82, 2.24) is 4.31 Å². The minimum Gasteiger partial charge on any atom is -0.489 e. The Morgan fingerprint density at radius 1 is 1.23 bits per heavy atom. The van der Waals surface area contributed by atoms with Gasteiger partial charge in [0.05, 0.1) is 11.0 Å². The zero-order valence-electron chi connectivity index (χ0n) is 16.3. The maximum atomic E-state index is 13.6. The molecule has 2 unspecified atom stereocenters. The van der Waals surface area contributed by atoms with Crippen LogP contribution < -0.4 is 10.6 Å². The van der Waals surface area contributed by atoms with Gasteiger partial charge in [0.2, 0.25) is 10.0 Å². The molecular weight excluding hydrogens is 415 g/mol. The lowest BCUT2D eigenvalue weighted by Crippen LogP contribution is -2.52. The summed E-state index contributed by atoms with van der Waals surface area (Å²) in [5.41, 5.74) is 1.16. The van der Waals surface area contributed by atoms with Gasteiger partial charge in [0.1, 0.15) is 24.2 Å². The van der Waals surface area contributed by atoms with E-state index in [1.54, 1.807) is 19.1 Å². The van der Waals surface area contributed by atoms with Crippen molar-refractivity contribution in [2.45, 2.75) is 43.4 Å². The summed E-state index contributed by atoms with van der Waals surface area (Å²) >= 11 is 0. The molecule has 2 atom stereocenters. The van der Waals surface area contributed by atoms with Crippen LogP contribution in [0, 0.1) is 12.7 Å². The average molecular weight is 438 g/mol. The molecule has 0 amide bonds. The number of sulfonamides is 1. The van der Waals surface area contributed by atoms with Crippen LogP contribution in [-0.4, -0.2) is 42.5 Å². The van der Waals surface area contributed by atoms with Crippen molar-refractivity contribution in [3.63, 3.8) is 0 Å². The standard InChI is InChI=1S/C20H23FN2O6S/c1-13-14(3-2-4-18(13)21)12-28-15-5-8-17(9-6-15)30(26,27)23-11-16(29-22)7-10-19(23)20(24)25/h2-6,8-9,16,19H,7,10-12,22H2,1H3,(H,24,25). The first-order valence-electron chi connectivity index (χ1n) is 9.31. The number of carboxylic acid groups (broad SMARTS) is 1. The zero-order chi connectivity index (χ0) is 21.9. The molecule has 10 heteroatoms. The van der Waals surface area contributed by atoms with E-state index in [1.165, 1.54) is 30.3 Å². The number of benzene rings is 2. The number of rotatable bonds is 7. The van der Waals surface area contributed by atoms with Gasteiger partial charge in [-0.15, -0.1) is 0 Å². The van der Waals surface area contributed by atoms with Gasteiger partial charge < -0.3 is 9.84 Å². The second kappa shape index (κ2) is 9.09. The lowest BCUT2D eigenvalue weighted by Gasteiger charge is -2.35. The van der Waals surface area contributed by atoms with Crippen LogP contribution in [0.1, 0.15) is 24.0 Å². The number of ether oxygens (including phenoxy) is 1. The van der Waals surface area contributed by atoms with Crippen molar-refractivity contribution < 1.29 is 32.3 Å². The SMILES string of the molecule is Cc1c(F)cccc1COc1ccc(S(=O)(=O)N2CC(ON)CCC2C(=O)O)cc1. The first kappa shape index (κ1) is 22.2. The normalized spacial score (nSPS) is 20.1. The molecule has 0 aliphatic carbocycles. The predicted octanol–water partition coefficient (Wildman–Crippen LogP) is 2.21. The van der Waals surface area contributed by atoms with E-state index in [0.29, 0.717) is 23.3 Å². The molecule has 2 aromatic carbocycles. The highest BCUT2D eigenvalue weighted by Crippen LogP contribution is 2.28. The van der Waals surface area contributed by atoms with Gasteiger partial charge in [-0.05, 0) is 61.2 Å². The number of hydrogen-bond acceptors (Lipinski definition) is 6. The van der Waals surface area contributed by atoms with Gasteiger partial charge in [0.15, 0.2) is 0 Å². The fourth-order valence-corrected chi connectivity index (χ4v) is 4.99. The van der Waals surface area contributed by atoms with Crippen LogP contribution in [0.5, 0.6) is 5.75 Å². The smallest absolute Gasteiger partial charge is 0.322 e. The second-order valence-electron chi connectivity index (χ2n) is 7.05. The number of aliphatic carboxylic acids is 1. The van der Waals surface area contributed by atoms with Gasteiger partial charge in [-0.25, -0.2) is 18.7 Å². The lowest BCUT2D eigenvalue weighted by atomic mass is 10.0. The van der Waals surface area contributed by atoms with Crippen LogP contribution in [0.4, 0.5) is 4.39 Å². The number of carbonyl (C=O) groups is 1. The summed E-state index contributed by atoms with van der Waals surface area (Å²) in [7, 11) is -4.08. The molecule has 2 aromatic rings. The summed E-state index contributed by atoms with van der Waals surface area (Å²) in [6, 6.07) is 9.14. The van der Waals surface area contributed by atoms with E-state index in [0.717, 1.165) is 4.31 Å². The highest BCUT2D eigenvalue weighted by molar-refractivity contribution is 7.89. The molecule has 1 fully saturated rings. The van der Waals surface area contributed by atoms with Gasteiger partial charge in [0.25, 0.3) is 0 Å². The second-order valence-corrected chi connectivity index (χ2v) is 8.94. The fourth-order valence-electron chi connectivity index (χ4n) is 3.34. The van der Waals surface area contributed by atoms with Crippen LogP contribution >= 0.6 is 0 Å². The maximum Gasteiger partial charge on any atom is 0.322 e. The van der Waals surface area contributed by atoms with Crippen LogP contribution in [0.25, 0.3) is 0 Å². The van der Waals surface area contributed by atoms with Crippen molar-refractivity contribution in [2.75, 3.05) is 6.54 Å². The van der Waals surface area contributed by atoms with Crippen molar-refractivity contribution >= 4 is 16.0 Å². The summed E-state index contributed by atoms with van der Waals surface area (Å²) < 4.78 is 46.2. The molecule has 8 nitrogen and oxygen atoms in total. The summed E-state index contributed by atoms with van der Waals surface area (Å²) in [6.07, 6.45) is -0.122. The highest BCUT2D eigenvalue weighted by atomic mass is 32.2. The fraction of sp³-hybridized carbons (Fsp3) is 0.350. The molecule has 1 saturated heterocycles. The number of nitrogens with two attached hydrogens (primary N) is 1. The highest BCUT2D eigenvalue weighted by Gasteiger charge is 2.41. The Morgan fingerprint density at radius 2 is 1.93 bits per heavy atom. The molecule has 3 N–H and O–H groups in total. The molecule has 1 aliphatic heterocycles. The molecule has 0 aromatic heterocycles. The van der Waals surface area contributed by atoms with Gasteiger partial charge in [-0.1, -0.05) is 12.1 Å². The number of nitrogens with zero attached hydrogens (tertiary/aromatic N) is 1. The Labute approximate surface area is 174 Å². The Hall–Kier alpha value is -2.53. The molecule has 0 bridgehead atoms. The Bertz CT molecular complexity index is 1010. The maximum absolute atomic E-state index is 13.6. The summed E-state index contributed by atoms with van der Waals surface area (Å²) in [5, 5.41) is 9.42. The van der Waals surface area contributed by atoms with E-state index in [2.05, 4.69) is 0 Å². The van der Waals surface area contributed by atoms with Crippen LogP contribution in [0.15, 0.2) is 47.4 Å². The molecule has 1 heterocycles. The van der Waals surface area contributed by atoms with Gasteiger partial charge in [0, 0.05) is 6.54 Å². The van der Waals surface area contributed by atoms with E-state index < -0.39 is 28.1 Å². The van der Waals surface area contributed by atoms with Crippen molar-refractivity contribution in [1.29, 1.82) is 0 Å². The number of halogens is 1. The quantitative estimate of drug-likeness (QED) is 0.636. The molecule has 30 heavy (non-hydrogen) atoms. The summed E-state index contributed by atoms with van der Waals surface area (Å²) in [4.78, 5) is 16.2. The van der Waals surface area contributed by atoms with Gasteiger partial charge in [-0.3, -0.25) is 9.63 Å². The monoisotopic (exact) mass is 438 g/mol. The first-order chi connectivity index (χ1) is 14.2. The van der Waals surface area contributed by atoms with Crippen molar-refractivity contribution in [2.24, 2.45) is 5.90 Å². The third-order valence-electron chi connectivity index (χ3n) is 5.18. The van der Waals surface area contributed by atoms with E-state index in [9.17, 15) is 22.7 Å². The molecule has 162 valence electrons. The summed E-state index contributed by atoms with van der Waals surface area (Å²) in [5.74, 6) is 4.03. The Kier molecular flexibility index (Phi) is 6.71. The van der Waals surface area contributed by atoms with Crippen molar-refractivity contribution in [3.05, 3.63) is 59.4 Å². The van der Waals surface area contributed by atoms with Gasteiger partial charge in [-0.2, -0.15) is 4.31 Å². The molecule has 1 aliphatic rings. The van der Waals surface area contributed by atoms with Gasteiger partial charge >= 0.3 is 5.97 Å². The third kappa shape index (κ3) is 4.62. The number of hydrogen-bond donors (Lipinski definition) is 2. The first-order valence-corrected chi connectivity index (χ1v) is 10.7. The zero-order valence-corrected chi connectivity index (χ0v) is 17.1. The molecule has 0 radical (unpaired) electrons. The Morgan fingerprint density at radius 3 is 2.57 bits per heavy atom. The topological polar surface area (TPSA) is 119 Å². The van der Waals surface area contributed by atoms with E-state index in [4.69, 9.17) is 15.5 Å². The van der Waals surface area contributed by atoms with Crippen LogP contribution in [-0.2, 0) is 26.3 Å². The van der Waals surface area contributed by atoms with Crippen molar-refractivity contribution in [3.8, 4) is 5.75 Å². The molecule has 0 spiro atoms. The molecule has 0 saturated carbocycles. The lowest BCUT2D eigenvalue weighted by molar-refractivity contribution is -0.144. The predicted molar refractivity (Wildman–Crippen MR) is 106 cm³/mol. The van der Waals surface area contributed by atoms with E-state index >= 15 is 0 Å². The minimum atomic E-state index is -4.08. The molecule has 3 rings (SSSR count). The largest absolute Gasteiger partial charge is 0.489 e. The average Bonchev–Trinajstić information content (AvgIpc) is 2.74. The van der Waals surface area contributed by atoms with Crippen LogP contribution in [0.2, 0.25) is 0 Å². The summed E-state index contributed by atoms with van der Waals surface area (Å²) in [6.45, 7) is 1.63. The Balaban J connectivity index is 1.76. The van der Waals surface area contributed by atoms with Crippen LogP contribution in [0.3, 0.4) is 0 Å². The number of piperidine rings is 1. The van der Waals surface area contributed by atoms with E-state index in [-0.39, 0.29) is 30.3 Å².